The molecular weight excluding hydrogens is 687 g/mol. The van der Waals surface area contributed by atoms with Crippen LogP contribution < -0.4 is 0 Å². The lowest BCUT2D eigenvalue weighted by atomic mass is 9.84. The minimum absolute atomic E-state index is 0.0659. The average Bonchev–Trinajstić information content (AvgIpc) is 3.41. The number of hydrogen-bond acceptors (Lipinski definition) is 3. The standard InChI is InChI=1S/C33H25Cl2F6N3O2S/c34-25-8-1-20(2-9-25)30(21-3-10-26(35)11-4-21)23-5-14-29-28(19-23)31(22-15-17-43(18-16-22)47(45,46)33(39,40)41)42-44(29)27-12-6-24(7-13-27)32(36,37)38/h1-14,19,22,30H,15-18H2. The van der Waals surface area contributed by atoms with E-state index in [4.69, 9.17) is 28.3 Å². The van der Waals surface area contributed by atoms with Crippen LogP contribution in [0.4, 0.5) is 26.3 Å². The molecule has 0 spiro atoms. The van der Waals surface area contributed by atoms with Crippen LogP contribution in [0.2, 0.25) is 10.0 Å². The Morgan fingerprint density at radius 2 is 1.23 bits per heavy atom. The van der Waals surface area contributed by atoms with Gasteiger partial charge in [0.05, 0.1) is 22.5 Å². The van der Waals surface area contributed by atoms with Gasteiger partial charge in [-0.25, -0.2) is 13.1 Å². The summed E-state index contributed by atoms with van der Waals surface area (Å²) in [6.07, 6.45) is -4.40. The van der Waals surface area contributed by atoms with Crippen LogP contribution in [0.5, 0.6) is 0 Å². The zero-order valence-electron chi connectivity index (χ0n) is 24.2. The van der Waals surface area contributed by atoms with Gasteiger partial charge in [-0.2, -0.15) is 35.7 Å². The third kappa shape index (κ3) is 6.61. The highest BCUT2D eigenvalue weighted by Crippen LogP contribution is 2.40. The SMILES string of the molecule is O=S(=O)(N1CCC(c2nn(-c3ccc(C(F)(F)F)cc3)c3ccc(C(c4ccc(Cl)cc4)c4ccc(Cl)cc4)cc23)CC1)C(F)(F)F. The van der Waals surface area contributed by atoms with Gasteiger partial charge in [0.15, 0.2) is 0 Å². The zero-order valence-corrected chi connectivity index (χ0v) is 26.6. The van der Waals surface area contributed by atoms with E-state index in [1.54, 1.807) is 30.3 Å². The molecule has 5 aromatic rings. The number of benzene rings is 4. The number of fused-ring (bicyclic) bond motifs is 1. The molecule has 0 bridgehead atoms. The Bertz CT molecular complexity index is 1960. The summed E-state index contributed by atoms with van der Waals surface area (Å²) in [6, 6.07) is 24.8. The number of aromatic nitrogens is 2. The van der Waals surface area contributed by atoms with E-state index in [1.807, 2.05) is 36.4 Å². The molecule has 1 fully saturated rings. The Balaban J connectivity index is 1.47. The molecule has 4 aromatic carbocycles. The number of rotatable bonds is 6. The predicted molar refractivity (Wildman–Crippen MR) is 168 cm³/mol. The Kier molecular flexibility index (Phi) is 8.84. The molecule has 0 unspecified atom stereocenters. The molecule has 246 valence electrons. The maximum Gasteiger partial charge on any atom is 0.511 e. The Morgan fingerprint density at radius 1 is 0.723 bits per heavy atom. The normalized spacial score (nSPS) is 15.5. The Labute approximate surface area is 276 Å². The molecule has 0 atom stereocenters. The number of nitrogens with zero attached hydrogens (tertiary/aromatic N) is 3. The maximum absolute atomic E-state index is 13.3. The smallest absolute Gasteiger partial charge is 0.233 e. The van der Waals surface area contributed by atoms with Crippen molar-refractivity contribution >= 4 is 44.1 Å². The van der Waals surface area contributed by atoms with Crippen LogP contribution >= 0.6 is 23.2 Å². The van der Waals surface area contributed by atoms with Crippen LogP contribution in [-0.4, -0.2) is 41.1 Å². The Morgan fingerprint density at radius 3 is 1.72 bits per heavy atom. The monoisotopic (exact) mass is 711 g/mol. The summed E-state index contributed by atoms with van der Waals surface area (Å²) in [5.74, 6) is -0.720. The molecule has 2 heterocycles. The van der Waals surface area contributed by atoms with Crippen molar-refractivity contribution < 1.29 is 34.8 Å². The second-order valence-electron chi connectivity index (χ2n) is 11.3. The molecule has 0 radical (unpaired) electrons. The van der Waals surface area contributed by atoms with E-state index in [9.17, 15) is 34.8 Å². The summed E-state index contributed by atoms with van der Waals surface area (Å²) >= 11 is 12.4. The molecule has 0 saturated carbocycles. The Hall–Kier alpha value is -3.58. The lowest BCUT2D eigenvalue weighted by Gasteiger charge is -2.31. The first-order chi connectivity index (χ1) is 22.1. The van der Waals surface area contributed by atoms with E-state index in [0.29, 0.717) is 36.6 Å². The summed E-state index contributed by atoms with van der Waals surface area (Å²) in [7, 11) is -5.49. The van der Waals surface area contributed by atoms with E-state index in [2.05, 4.69) is 0 Å². The highest BCUT2D eigenvalue weighted by Gasteiger charge is 2.50. The van der Waals surface area contributed by atoms with Crippen molar-refractivity contribution in [3.63, 3.8) is 0 Å². The molecule has 0 amide bonds. The number of halogens is 8. The van der Waals surface area contributed by atoms with Crippen molar-refractivity contribution in [2.24, 2.45) is 0 Å². The topological polar surface area (TPSA) is 55.2 Å². The molecule has 6 rings (SSSR count). The maximum atomic E-state index is 13.3. The minimum atomic E-state index is -5.49. The largest absolute Gasteiger partial charge is 0.511 e. The first-order valence-electron chi connectivity index (χ1n) is 14.4. The van der Waals surface area contributed by atoms with Crippen molar-refractivity contribution in [2.45, 2.75) is 36.4 Å². The van der Waals surface area contributed by atoms with E-state index < -0.39 is 33.2 Å². The van der Waals surface area contributed by atoms with Gasteiger partial charge in [0, 0.05) is 40.4 Å². The second-order valence-corrected chi connectivity index (χ2v) is 14.1. The van der Waals surface area contributed by atoms with Crippen LogP contribution in [-0.2, 0) is 16.2 Å². The summed E-state index contributed by atoms with van der Waals surface area (Å²) in [5, 5.41) is 6.54. The van der Waals surface area contributed by atoms with E-state index in [0.717, 1.165) is 28.8 Å². The third-order valence-electron chi connectivity index (χ3n) is 8.38. The fraction of sp³-hybridized carbons (Fsp3) is 0.242. The molecule has 0 aliphatic carbocycles. The predicted octanol–water partition coefficient (Wildman–Crippen LogP) is 9.56. The summed E-state index contributed by atoms with van der Waals surface area (Å²) in [5.41, 5.74) is -2.14. The molecule has 1 aliphatic rings. The molecule has 0 N–H and O–H groups in total. The van der Waals surface area contributed by atoms with E-state index in [1.165, 1.54) is 16.8 Å². The quantitative estimate of drug-likeness (QED) is 0.130. The van der Waals surface area contributed by atoms with Crippen molar-refractivity contribution in [2.75, 3.05) is 13.1 Å². The zero-order chi connectivity index (χ0) is 33.7. The van der Waals surface area contributed by atoms with Crippen molar-refractivity contribution in [1.82, 2.24) is 14.1 Å². The fourth-order valence-electron chi connectivity index (χ4n) is 6.03. The lowest BCUT2D eigenvalue weighted by molar-refractivity contribution is -0.137. The van der Waals surface area contributed by atoms with Crippen LogP contribution in [0, 0.1) is 0 Å². The van der Waals surface area contributed by atoms with Gasteiger partial charge in [0.25, 0.3) is 0 Å². The highest BCUT2D eigenvalue weighted by molar-refractivity contribution is 7.90. The number of sulfonamides is 1. The molecule has 1 aliphatic heterocycles. The third-order valence-corrected chi connectivity index (χ3v) is 10.5. The summed E-state index contributed by atoms with van der Waals surface area (Å²) in [4.78, 5) is 0. The average molecular weight is 713 g/mol. The van der Waals surface area contributed by atoms with Crippen LogP contribution in [0.3, 0.4) is 0 Å². The van der Waals surface area contributed by atoms with E-state index >= 15 is 0 Å². The first-order valence-corrected chi connectivity index (χ1v) is 16.6. The van der Waals surface area contributed by atoms with Gasteiger partial charge in [-0.05, 0) is 90.2 Å². The number of piperidine rings is 1. The van der Waals surface area contributed by atoms with Gasteiger partial charge >= 0.3 is 21.7 Å². The van der Waals surface area contributed by atoms with Gasteiger partial charge < -0.3 is 0 Å². The molecular formula is C33H25Cl2F6N3O2S. The van der Waals surface area contributed by atoms with Crippen molar-refractivity contribution in [3.8, 4) is 5.69 Å². The van der Waals surface area contributed by atoms with Gasteiger partial charge in [-0.15, -0.1) is 0 Å². The van der Waals surface area contributed by atoms with Crippen LogP contribution in [0.1, 0.15) is 52.6 Å². The van der Waals surface area contributed by atoms with Crippen LogP contribution in [0.15, 0.2) is 91.0 Å². The van der Waals surface area contributed by atoms with Gasteiger partial charge in [-0.3, -0.25) is 0 Å². The minimum Gasteiger partial charge on any atom is -0.233 e. The fourth-order valence-corrected chi connectivity index (χ4v) is 7.27. The number of alkyl halides is 6. The van der Waals surface area contributed by atoms with Gasteiger partial charge in [0.2, 0.25) is 0 Å². The second kappa shape index (κ2) is 12.5. The van der Waals surface area contributed by atoms with Crippen molar-refractivity contribution in [3.05, 3.63) is 129 Å². The summed E-state index contributed by atoms with van der Waals surface area (Å²) < 4.78 is 106. The first kappa shape index (κ1) is 33.3. The number of hydrogen-bond donors (Lipinski definition) is 0. The molecule has 47 heavy (non-hydrogen) atoms. The van der Waals surface area contributed by atoms with Crippen molar-refractivity contribution in [1.29, 1.82) is 0 Å². The van der Waals surface area contributed by atoms with E-state index in [-0.39, 0.29) is 31.8 Å². The molecule has 1 saturated heterocycles. The van der Waals surface area contributed by atoms with Gasteiger partial charge in [-0.1, -0.05) is 53.5 Å². The highest BCUT2D eigenvalue weighted by atomic mass is 35.5. The lowest BCUT2D eigenvalue weighted by Crippen LogP contribution is -2.44. The van der Waals surface area contributed by atoms with Gasteiger partial charge in [0.1, 0.15) is 0 Å². The molecule has 5 nitrogen and oxygen atoms in total. The summed E-state index contributed by atoms with van der Waals surface area (Å²) in [6.45, 7) is -0.724. The molecule has 14 heteroatoms. The van der Waals surface area contributed by atoms with Crippen LogP contribution in [0.25, 0.3) is 16.6 Å². The molecule has 1 aromatic heterocycles.